The molecule has 0 aromatic heterocycles. The van der Waals surface area contributed by atoms with Gasteiger partial charge >= 0.3 is 5.97 Å². The molecule has 0 aromatic rings. The molecule has 0 spiro atoms. The SMILES string of the molecule is O=C(O)CCCC(=O)NCC1CCCCO1. The number of rotatable bonds is 6. The fourth-order valence-corrected chi connectivity index (χ4v) is 1.68. The molecule has 1 atom stereocenters. The first-order valence-electron chi connectivity index (χ1n) is 5.78. The second-order valence-electron chi connectivity index (χ2n) is 4.04. The Morgan fingerprint density at radius 1 is 1.31 bits per heavy atom. The van der Waals surface area contributed by atoms with Gasteiger partial charge in [0.05, 0.1) is 6.10 Å². The molecule has 92 valence electrons. The maximum Gasteiger partial charge on any atom is 0.303 e. The number of nitrogens with one attached hydrogen (secondary N) is 1. The molecule has 0 radical (unpaired) electrons. The molecule has 1 aliphatic rings. The van der Waals surface area contributed by atoms with E-state index in [1.807, 2.05) is 0 Å². The minimum Gasteiger partial charge on any atom is -0.481 e. The third kappa shape index (κ3) is 5.70. The summed E-state index contributed by atoms with van der Waals surface area (Å²) in [5, 5.41) is 11.2. The van der Waals surface area contributed by atoms with Crippen LogP contribution in [0.25, 0.3) is 0 Å². The van der Waals surface area contributed by atoms with Gasteiger partial charge in [0, 0.05) is 26.0 Å². The average molecular weight is 229 g/mol. The Labute approximate surface area is 95.2 Å². The number of aliphatic carboxylic acids is 1. The second-order valence-corrected chi connectivity index (χ2v) is 4.04. The molecular formula is C11H19NO4. The standard InChI is InChI=1S/C11H19NO4/c13-10(5-3-6-11(14)15)12-8-9-4-1-2-7-16-9/h9H,1-8H2,(H,12,13)(H,14,15). The van der Waals surface area contributed by atoms with Crippen molar-refractivity contribution in [3.63, 3.8) is 0 Å². The maximum absolute atomic E-state index is 11.3. The normalized spacial score (nSPS) is 20.4. The lowest BCUT2D eigenvalue weighted by Crippen LogP contribution is -2.35. The summed E-state index contributed by atoms with van der Waals surface area (Å²) in [5.41, 5.74) is 0. The number of amides is 1. The van der Waals surface area contributed by atoms with E-state index in [0.29, 0.717) is 13.0 Å². The monoisotopic (exact) mass is 229 g/mol. The highest BCUT2D eigenvalue weighted by atomic mass is 16.5. The predicted molar refractivity (Wildman–Crippen MR) is 58.1 cm³/mol. The summed E-state index contributed by atoms with van der Waals surface area (Å²) in [4.78, 5) is 21.5. The summed E-state index contributed by atoms with van der Waals surface area (Å²) >= 11 is 0. The molecule has 0 aromatic carbocycles. The first-order chi connectivity index (χ1) is 7.68. The van der Waals surface area contributed by atoms with Crippen molar-refractivity contribution < 1.29 is 19.4 Å². The van der Waals surface area contributed by atoms with Crippen LogP contribution in [0.5, 0.6) is 0 Å². The summed E-state index contributed by atoms with van der Waals surface area (Å²) in [7, 11) is 0. The minimum absolute atomic E-state index is 0.0490. The van der Waals surface area contributed by atoms with Crippen LogP contribution in [0.2, 0.25) is 0 Å². The van der Waals surface area contributed by atoms with Crippen LogP contribution in [0.1, 0.15) is 38.5 Å². The average Bonchev–Trinajstić information content (AvgIpc) is 2.27. The molecule has 1 rings (SSSR count). The number of carboxylic acid groups (broad SMARTS) is 1. The molecule has 1 aliphatic heterocycles. The first-order valence-corrected chi connectivity index (χ1v) is 5.78. The fourth-order valence-electron chi connectivity index (χ4n) is 1.68. The Morgan fingerprint density at radius 2 is 2.12 bits per heavy atom. The van der Waals surface area contributed by atoms with Crippen LogP contribution >= 0.6 is 0 Å². The molecular weight excluding hydrogens is 210 g/mol. The number of carboxylic acids is 1. The van der Waals surface area contributed by atoms with Gasteiger partial charge < -0.3 is 15.2 Å². The van der Waals surface area contributed by atoms with Crippen LogP contribution in [-0.2, 0) is 14.3 Å². The van der Waals surface area contributed by atoms with E-state index >= 15 is 0 Å². The van der Waals surface area contributed by atoms with Crippen molar-refractivity contribution in [2.75, 3.05) is 13.2 Å². The summed E-state index contributed by atoms with van der Waals surface area (Å²) in [5.74, 6) is -0.946. The largest absolute Gasteiger partial charge is 0.481 e. The van der Waals surface area contributed by atoms with E-state index in [1.165, 1.54) is 0 Å². The van der Waals surface area contributed by atoms with Crippen LogP contribution in [0, 0.1) is 0 Å². The lowest BCUT2D eigenvalue weighted by Gasteiger charge is -2.22. The molecule has 1 fully saturated rings. The highest BCUT2D eigenvalue weighted by molar-refractivity contribution is 5.76. The zero-order chi connectivity index (χ0) is 11.8. The lowest BCUT2D eigenvalue weighted by atomic mass is 10.1. The van der Waals surface area contributed by atoms with Crippen molar-refractivity contribution in [3.8, 4) is 0 Å². The Bertz CT molecular complexity index is 236. The fraction of sp³-hybridized carbons (Fsp3) is 0.818. The summed E-state index contributed by atoms with van der Waals surface area (Å²) < 4.78 is 5.46. The van der Waals surface area contributed by atoms with Crippen molar-refractivity contribution in [2.24, 2.45) is 0 Å². The molecule has 5 heteroatoms. The molecule has 0 aliphatic carbocycles. The van der Waals surface area contributed by atoms with Gasteiger partial charge in [-0.1, -0.05) is 0 Å². The van der Waals surface area contributed by atoms with E-state index in [9.17, 15) is 9.59 Å². The molecule has 5 nitrogen and oxygen atoms in total. The summed E-state index contributed by atoms with van der Waals surface area (Å²) in [6, 6.07) is 0. The number of ether oxygens (including phenoxy) is 1. The van der Waals surface area contributed by atoms with Crippen molar-refractivity contribution in [1.29, 1.82) is 0 Å². The van der Waals surface area contributed by atoms with Crippen molar-refractivity contribution in [3.05, 3.63) is 0 Å². The molecule has 2 N–H and O–H groups in total. The smallest absolute Gasteiger partial charge is 0.303 e. The van der Waals surface area contributed by atoms with Crippen LogP contribution in [0.3, 0.4) is 0 Å². The number of hydrogen-bond donors (Lipinski definition) is 2. The van der Waals surface area contributed by atoms with E-state index in [0.717, 1.165) is 25.9 Å². The molecule has 1 saturated heterocycles. The Hall–Kier alpha value is -1.10. The molecule has 0 saturated carbocycles. The van der Waals surface area contributed by atoms with Gasteiger partial charge in [-0.05, 0) is 25.7 Å². The Morgan fingerprint density at radius 3 is 2.75 bits per heavy atom. The number of carbonyl (C=O) groups excluding carboxylic acids is 1. The van der Waals surface area contributed by atoms with Gasteiger partial charge in [0.1, 0.15) is 0 Å². The summed E-state index contributed by atoms with van der Waals surface area (Å²) in [6.45, 7) is 1.32. The first kappa shape index (κ1) is 13.0. The minimum atomic E-state index is -0.858. The van der Waals surface area contributed by atoms with Gasteiger partial charge in [0.15, 0.2) is 0 Å². The van der Waals surface area contributed by atoms with Gasteiger partial charge in [0.2, 0.25) is 5.91 Å². The topological polar surface area (TPSA) is 75.6 Å². The van der Waals surface area contributed by atoms with Crippen molar-refractivity contribution in [2.45, 2.75) is 44.6 Å². The van der Waals surface area contributed by atoms with Crippen LogP contribution in [0.4, 0.5) is 0 Å². The zero-order valence-electron chi connectivity index (χ0n) is 9.41. The molecule has 1 amide bonds. The summed E-state index contributed by atoms with van der Waals surface area (Å²) in [6.07, 6.45) is 4.11. The maximum atomic E-state index is 11.3. The van der Waals surface area contributed by atoms with Gasteiger partial charge in [-0.3, -0.25) is 9.59 Å². The van der Waals surface area contributed by atoms with Crippen molar-refractivity contribution in [1.82, 2.24) is 5.32 Å². The second kappa shape index (κ2) is 7.22. The van der Waals surface area contributed by atoms with E-state index < -0.39 is 5.97 Å². The predicted octanol–water partition coefficient (Wildman–Crippen LogP) is 0.927. The van der Waals surface area contributed by atoms with Gasteiger partial charge in [0.25, 0.3) is 0 Å². The van der Waals surface area contributed by atoms with E-state index in [4.69, 9.17) is 9.84 Å². The van der Waals surface area contributed by atoms with Crippen LogP contribution < -0.4 is 5.32 Å². The third-order valence-electron chi connectivity index (χ3n) is 2.60. The molecule has 1 unspecified atom stereocenters. The third-order valence-corrected chi connectivity index (χ3v) is 2.60. The van der Waals surface area contributed by atoms with E-state index in [1.54, 1.807) is 0 Å². The number of carbonyl (C=O) groups is 2. The van der Waals surface area contributed by atoms with E-state index in [2.05, 4.69) is 5.32 Å². The van der Waals surface area contributed by atoms with Gasteiger partial charge in [-0.25, -0.2) is 0 Å². The highest BCUT2D eigenvalue weighted by Crippen LogP contribution is 2.11. The molecule has 16 heavy (non-hydrogen) atoms. The van der Waals surface area contributed by atoms with Gasteiger partial charge in [-0.15, -0.1) is 0 Å². The quantitative estimate of drug-likeness (QED) is 0.710. The highest BCUT2D eigenvalue weighted by Gasteiger charge is 2.14. The van der Waals surface area contributed by atoms with Crippen LogP contribution in [0.15, 0.2) is 0 Å². The van der Waals surface area contributed by atoms with Crippen LogP contribution in [-0.4, -0.2) is 36.2 Å². The van der Waals surface area contributed by atoms with Gasteiger partial charge in [-0.2, -0.15) is 0 Å². The Balaban J connectivity index is 2.02. The Kier molecular flexibility index (Phi) is 5.85. The lowest BCUT2D eigenvalue weighted by molar-refractivity contribution is -0.137. The van der Waals surface area contributed by atoms with Crippen molar-refractivity contribution >= 4 is 11.9 Å². The van der Waals surface area contributed by atoms with E-state index in [-0.39, 0.29) is 24.9 Å². The molecule has 1 heterocycles. The molecule has 0 bridgehead atoms. The zero-order valence-corrected chi connectivity index (χ0v) is 9.41. The number of hydrogen-bond acceptors (Lipinski definition) is 3.